The lowest BCUT2D eigenvalue weighted by molar-refractivity contribution is -0.117. The predicted molar refractivity (Wildman–Crippen MR) is 136 cm³/mol. The quantitative estimate of drug-likeness (QED) is 0.316. The third-order valence-corrected chi connectivity index (χ3v) is 7.05. The highest BCUT2D eigenvalue weighted by Gasteiger charge is 2.17. The Labute approximate surface area is 217 Å². The molecule has 0 spiro atoms. The zero-order chi connectivity index (χ0) is 27.4. The van der Waals surface area contributed by atoms with Gasteiger partial charge in [-0.05, 0) is 53.9 Å². The van der Waals surface area contributed by atoms with E-state index in [9.17, 15) is 27.2 Å². The number of aromatic nitrogens is 2. The lowest BCUT2D eigenvalue weighted by Gasteiger charge is -2.09. The molecule has 2 aromatic carbocycles. The van der Waals surface area contributed by atoms with Crippen LogP contribution < -0.4 is 15.4 Å². The molecule has 2 heterocycles. The lowest BCUT2D eigenvalue weighted by Crippen LogP contribution is -2.28. The highest BCUT2D eigenvalue weighted by atomic mass is 32.2. The van der Waals surface area contributed by atoms with Gasteiger partial charge in [0.15, 0.2) is 0 Å². The summed E-state index contributed by atoms with van der Waals surface area (Å²) in [5, 5.41) is 5.49. The number of hydrogen-bond donors (Lipinski definition) is 3. The van der Waals surface area contributed by atoms with Gasteiger partial charge in [-0.25, -0.2) is 22.5 Å². The van der Waals surface area contributed by atoms with Gasteiger partial charge < -0.3 is 10.6 Å². The molecule has 12 heteroatoms. The van der Waals surface area contributed by atoms with Crippen molar-refractivity contribution in [1.82, 2.24) is 24.7 Å². The zero-order valence-electron chi connectivity index (χ0n) is 20.5. The molecule has 0 aliphatic heterocycles. The summed E-state index contributed by atoms with van der Waals surface area (Å²) in [6, 6.07) is 15.2. The van der Waals surface area contributed by atoms with Crippen molar-refractivity contribution in [3.05, 3.63) is 101 Å². The van der Waals surface area contributed by atoms with Crippen molar-refractivity contribution in [2.24, 2.45) is 0 Å². The van der Waals surface area contributed by atoms with Crippen molar-refractivity contribution in [3.8, 4) is 0 Å². The van der Waals surface area contributed by atoms with E-state index in [4.69, 9.17) is 0 Å². The normalized spacial score (nSPS) is 11.2. The molecular weight excluding hydrogens is 513 g/mol. The van der Waals surface area contributed by atoms with Gasteiger partial charge in [0, 0.05) is 26.2 Å². The lowest BCUT2D eigenvalue weighted by atomic mass is 10.1. The summed E-state index contributed by atoms with van der Waals surface area (Å²) in [5.74, 6) is -1.90. The molecule has 0 aliphatic rings. The second-order valence-corrected chi connectivity index (χ2v) is 10.2. The molecule has 4 aromatic rings. The first-order valence-corrected chi connectivity index (χ1v) is 12.9. The zero-order valence-corrected chi connectivity index (χ0v) is 21.3. The number of sulfonamides is 1. The monoisotopic (exact) mass is 537 g/mol. The van der Waals surface area contributed by atoms with Crippen LogP contribution in [0, 0.1) is 12.7 Å². The van der Waals surface area contributed by atoms with Crippen LogP contribution in [0.3, 0.4) is 0 Å². The maximum Gasteiger partial charge on any atom is 0.271 e. The minimum absolute atomic E-state index is 0.0775. The molecule has 0 aliphatic carbocycles. The fourth-order valence-corrected chi connectivity index (χ4v) is 4.69. The largest absolute Gasteiger partial charge is 0.347 e. The number of carbonyl (C=O) groups is 3. The summed E-state index contributed by atoms with van der Waals surface area (Å²) in [4.78, 5) is 40.9. The standard InChI is InChI=1S/C26H24FN5O5S/c1-16-12-19(8-11-21(16)27)14-28-25(34)22-15-32-23(4-3-5-24(32)30-22)26(35)29-13-18-6-9-20(10-7-18)38(36,37)31-17(2)33/h3-12,15H,13-14H2,1-2H3,(H,28,34)(H,29,35)(H,31,33). The number of hydrogen-bond acceptors (Lipinski definition) is 6. The minimum Gasteiger partial charge on any atom is -0.347 e. The number of aryl methyl sites for hydroxylation is 1. The molecule has 0 saturated heterocycles. The van der Waals surface area contributed by atoms with Crippen molar-refractivity contribution in [2.45, 2.75) is 31.8 Å². The molecule has 3 amide bonds. The van der Waals surface area contributed by atoms with E-state index >= 15 is 0 Å². The Morgan fingerprint density at radius 2 is 1.58 bits per heavy atom. The Bertz CT molecular complexity index is 1650. The molecule has 3 N–H and O–H groups in total. The summed E-state index contributed by atoms with van der Waals surface area (Å²) in [5.41, 5.74) is 2.60. The van der Waals surface area contributed by atoms with E-state index in [0.29, 0.717) is 16.8 Å². The summed E-state index contributed by atoms with van der Waals surface area (Å²) in [7, 11) is -3.95. The van der Waals surface area contributed by atoms with Gasteiger partial charge in [0.2, 0.25) is 5.91 Å². The first kappa shape index (κ1) is 26.5. The second kappa shape index (κ2) is 10.8. The van der Waals surface area contributed by atoms with Crippen LogP contribution in [-0.2, 0) is 27.9 Å². The maximum absolute atomic E-state index is 13.5. The van der Waals surface area contributed by atoms with Gasteiger partial charge in [0.1, 0.15) is 22.9 Å². The Hall–Kier alpha value is -4.58. The van der Waals surface area contributed by atoms with Gasteiger partial charge in [-0.3, -0.25) is 18.8 Å². The van der Waals surface area contributed by atoms with Gasteiger partial charge in [0.05, 0.1) is 4.90 Å². The van der Waals surface area contributed by atoms with E-state index in [1.54, 1.807) is 37.3 Å². The molecule has 196 valence electrons. The van der Waals surface area contributed by atoms with Gasteiger partial charge >= 0.3 is 0 Å². The van der Waals surface area contributed by atoms with Crippen LogP contribution in [0.15, 0.2) is 71.8 Å². The fourth-order valence-electron chi connectivity index (χ4n) is 3.70. The summed E-state index contributed by atoms with van der Waals surface area (Å²) in [6.45, 7) is 3.04. The Morgan fingerprint density at radius 3 is 2.26 bits per heavy atom. The first-order valence-electron chi connectivity index (χ1n) is 11.5. The molecule has 0 bridgehead atoms. The number of carbonyl (C=O) groups excluding carboxylic acids is 3. The van der Waals surface area contributed by atoms with E-state index < -0.39 is 27.7 Å². The first-order chi connectivity index (χ1) is 18.0. The molecule has 2 aromatic heterocycles. The van der Waals surface area contributed by atoms with Gasteiger partial charge in [-0.2, -0.15) is 0 Å². The van der Waals surface area contributed by atoms with Crippen molar-refractivity contribution in [3.63, 3.8) is 0 Å². The van der Waals surface area contributed by atoms with Crippen LogP contribution in [0.1, 0.15) is 44.6 Å². The number of nitrogens with one attached hydrogen (secondary N) is 3. The van der Waals surface area contributed by atoms with E-state index in [0.717, 1.165) is 12.5 Å². The van der Waals surface area contributed by atoms with Crippen LogP contribution in [0.5, 0.6) is 0 Å². The summed E-state index contributed by atoms with van der Waals surface area (Å²) < 4.78 is 41.0. The topological polar surface area (TPSA) is 139 Å². The molecule has 10 nitrogen and oxygen atoms in total. The van der Waals surface area contributed by atoms with Gasteiger partial charge in [-0.15, -0.1) is 0 Å². The average molecular weight is 538 g/mol. The number of pyridine rings is 1. The van der Waals surface area contributed by atoms with E-state index in [1.165, 1.54) is 40.9 Å². The van der Waals surface area contributed by atoms with Crippen LogP contribution >= 0.6 is 0 Å². The third kappa shape index (κ3) is 6.03. The van der Waals surface area contributed by atoms with Crippen molar-refractivity contribution >= 4 is 33.4 Å². The molecule has 4 rings (SSSR count). The van der Waals surface area contributed by atoms with E-state index in [1.807, 2.05) is 4.72 Å². The average Bonchev–Trinajstić information content (AvgIpc) is 3.32. The smallest absolute Gasteiger partial charge is 0.271 e. The van der Waals surface area contributed by atoms with Crippen molar-refractivity contribution in [1.29, 1.82) is 0 Å². The van der Waals surface area contributed by atoms with E-state index in [-0.39, 0.29) is 35.2 Å². The Kier molecular flexibility index (Phi) is 7.53. The molecular formula is C26H24FN5O5S. The van der Waals surface area contributed by atoms with Gasteiger partial charge in [-0.1, -0.05) is 30.3 Å². The number of rotatable bonds is 8. The van der Waals surface area contributed by atoms with Crippen LogP contribution in [-0.4, -0.2) is 35.5 Å². The highest BCUT2D eigenvalue weighted by Crippen LogP contribution is 2.13. The van der Waals surface area contributed by atoms with Crippen LogP contribution in [0.25, 0.3) is 5.65 Å². The van der Waals surface area contributed by atoms with E-state index in [2.05, 4.69) is 15.6 Å². The number of halogens is 1. The van der Waals surface area contributed by atoms with Crippen molar-refractivity contribution < 1.29 is 27.2 Å². The minimum atomic E-state index is -3.95. The number of fused-ring (bicyclic) bond motifs is 1. The number of imidazole rings is 1. The molecule has 38 heavy (non-hydrogen) atoms. The fraction of sp³-hybridized carbons (Fsp3) is 0.154. The highest BCUT2D eigenvalue weighted by molar-refractivity contribution is 7.90. The summed E-state index contributed by atoms with van der Waals surface area (Å²) in [6.07, 6.45) is 1.46. The Morgan fingerprint density at radius 1 is 0.921 bits per heavy atom. The molecule has 0 fully saturated rings. The van der Waals surface area contributed by atoms with Gasteiger partial charge in [0.25, 0.3) is 21.8 Å². The molecule has 0 unspecified atom stereocenters. The van der Waals surface area contributed by atoms with Crippen LogP contribution in [0.4, 0.5) is 4.39 Å². The molecule has 0 saturated carbocycles. The number of amides is 3. The molecule has 0 radical (unpaired) electrons. The predicted octanol–water partition coefficient (Wildman–Crippen LogP) is 2.47. The number of nitrogens with zero attached hydrogens (tertiary/aromatic N) is 2. The summed E-state index contributed by atoms with van der Waals surface area (Å²) >= 11 is 0. The maximum atomic E-state index is 13.5. The Balaban J connectivity index is 1.43. The SMILES string of the molecule is CC(=O)NS(=O)(=O)c1ccc(CNC(=O)c2cccc3nc(C(=O)NCc4ccc(F)c(C)c4)cn23)cc1. The van der Waals surface area contributed by atoms with Crippen molar-refractivity contribution in [2.75, 3.05) is 0 Å². The molecule has 0 atom stereocenters. The second-order valence-electron chi connectivity index (χ2n) is 8.52. The third-order valence-electron chi connectivity index (χ3n) is 5.60. The number of benzene rings is 2. The van der Waals surface area contributed by atoms with Crippen LogP contribution in [0.2, 0.25) is 0 Å².